The molecule has 1 aromatic rings. The molecule has 1 fully saturated rings. The van der Waals surface area contributed by atoms with E-state index in [-0.39, 0.29) is 0 Å². The Morgan fingerprint density at radius 1 is 1.33 bits per heavy atom. The van der Waals surface area contributed by atoms with Crippen LogP contribution in [-0.4, -0.2) is 29.9 Å². The first-order chi connectivity index (χ1) is 7.38. The van der Waals surface area contributed by atoms with E-state index in [9.17, 15) is 0 Å². The van der Waals surface area contributed by atoms with Crippen LogP contribution in [0.15, 0.2) is 4.52 Å². The van der Waals surface area contributed by atoms with Gasteiger partial charge in [-0.2, -0.15) is 4.98 Å². The van der Waals surface area contributed by atoms with E-state index in [0.29, 0.717) is 24.8 Å². The monoisotopic (exact) mass is 211 g/mol. The Hall–Kier alpha value is -0.940. The molecule has 0 spiro atoms. The maximum Gasteiger partial charge on any atom is 0.227 e. The maximum absolute atomic E-state index is 5.41. The Kier molecular flexibility index (Phi) is 3.69. The van der Waals surface area contributed by atoms with Crippen LogP contribution < -0.4 is 5.73 Å². The van der Waals surface area contributed by atoms with Crippen molar-refractivity contribution in [1.82, 2.24) is 10.1 Å². The SMILES string of the molecule is NCCc1nc(CC2CCOCC2)no1. The van der Waals surface area contributed by atoms with Crippen molar-refractivity contribution < 1.29 is 9.26 Å². The molecule has 0 atom stereocenters. The lowest BCUT2D eigenvalue weighted by Crippen LogP contribution is -2.18. The third-order valence-electron chi connectivity index (χ3n) is 2.68. The fourth-order valence-electron chi connectivity index (χ4n) is 1.81. The van der Waals surface area contributed by atoms with Crippen molar-refractivity contribution in [3.63, 3.8) is 0 Å². The van der Waals surface area contributed by atoms with Crippen molar-refractivity contribution in [2.75, 3.05) is 19.8 Å². The van der Waals surface area contributed by atoms with Gasteiger partial charge >= 0.3 is 0 Å². The second-order valence-corrected chi connectivity index (χ2v) is 3.90. The summed E-state index contributed by atoms with van der Waals surface area (Å²) >= 11 is 0. The van der Waals surface area contributed by atoms with Gasteiger partial charge in [-0.15, -0.1) is 0 Å². The molecular formula is C10H17N3O2. The van der Waals surface area contributed by atoms with E-state index in [0.717, 1.165) is 38.3 Å². The van der Waals surface area contributed by atoms with Crippen LogP contribution in [0.1, 0.15) is 24.6 Å². The summed E-state index contributed by atoms with van der Waals surface area (Å²) in [4.78, 5) is 4.30. The summed E-state index contributed by atoms with van der Waals surface area (Å²) in [6.45, 7) is 2.27. The van der Waals surface area contributed by atoms with Crippen molar-refractivity contribution in [3.8, 4) is 0 Å². The van der Waals surface area contributed by atoms with Crippen molar-refractivity contribution >= 4 is 0 Å². The lowest BCUT2D eigenvalue weighted by molar-refractivity contribution is 0.0658. The number of hydrogen-bond acceptors (Lipinski definition) is 5. The number of hydrogen-bond donors (Lipinski definition) is 1. The Morgan fingerprint density at radius 3 is 2.87 bits per heavy atom. The second-order valence-electron chi connectivity index (χ2n) is 3.90. The minimum atomic E-state index is 0.554. The average Bonchev–Trinajstić information content (AvgIpc) is 2.68. The van der Waals surface area contributed by atoms with E-state index in [1.807, 2.05) is 0 Å². The number of nitrogens with two attached hydrogens (primary N) is 1. The van der Waals surface area contributed by atoms with Gasteiger partial charge in [-0.05, 0) is 18.8 Å². The van der Waals surface area contributed by atoms with Gasteiger partial charge in [0.25, 0.3) is 0 Å². The molecule has 5 nitrogen and oxygen atoms in total. The van der Waals surface area contributed by atoms with Crippen LogP contribution in [0.25, 0.3) is 0 Å². The minimum Gasteiger partial charge on any atom is -0.381 e. The number of nitrogens with zero attached hydrogens (tertiary/aromatic N) is 2. The summed E-state index contributed by atoms with van der Waals surface area (Å²) in [5.41, 5.74) is 5.41. The number of rotatable bonds is 4. The lowest BCUT2D eigenvalue weighted by Gasteiger charge is -2.20. The zero-order valence-corrected chi connectivity index (χ0v) is 8.82. The van der Waals surface area contributed by atoms with Crippen molar-refractivity contribution in [3.05, 3.63) is 11.7 Å². The Balaban J connectivity index is 1.86. The predicted molar refractivity (Wildman–Crippen MR) is 54.3 cm³/mol. The normalized spacial score (nSPS) is 18.2. The highest BCUT2D eigenvalue weighted by molar-refractivity contribution is 4.89. The molecule has 0 saturated carbocycles. The first kappa shape index (κ1) is 10.6. The van der Waals surface area contributed by atoms with E-state index in [2.05, 4.69) is 10.1 Å². The number of ether oxygens (including phenoxy) is 1. The maximum atomic E-state index is 5.41. The molecule has 1 aliphatic heterocycles. The fraction of sp³-hybridized carbons (Fsp3) is 0.800. The quantitative estimate of drug-likeness (QED) is 0.786. The van der Waals surface area contributed by atoms with Gasteiger partial charge in [-0.1, -0.05) is 5.16 Å². The summed E-state index contributed by atoms with van der Waals surface area (Å²) in [5.74, 6) is 2.10. The van der Waals surface area contributed by atoms with E-state index in [1.165, 1.54) is 0 Å². The molecule has 2 N–H and O–H groups in total. The molecule has 0 amide bonds. The lowest BCUT2D eigenvalue weighted by atomic mass is 9.96. The molecule has 1 saturated heterocycles. The molecule has 0 unspecified atom stereocenters. The largest absolute Gasteiger partial charge is 0.381 e. The summed E-state index contributed by atoms with van der Waals surface area (Å²) in [5, 5.41) is 3.95. The topological polar surface area (TPSA) is 74.2 Å². The molecule has 0 aromatic carbocycles. The molecule has 15 heavy (non-hydrogen) atoms. The summed E-state index contributed by atoms with van der Waals surface area (Å²) < 4.78 is 10.4. The first-order valence-electron chi connectivity index (χ1n) is 5.47. The predicted octanol–water partition coefficient (Wildman–Crippen LogP) is 0.540. The van der Waals surface area contributed by atoms with Crippen LogP contribution in [0.3, 0.4) is 0 Å². The highest BCUT2D eigenvalue weighted by atomic mass is 16.5. The Morgan fingerprint density at radius 2 is 2.13 bits per heavy atom. The second kappa shape index (κ2) is 5.23. The molecule has 0 aliphatic carbocycles. The highest BCUT2D eigenvalue weighted by Gasteiger charge is 2.17. The Labute approximate surface area is 89.0 Å². The standard InChI is InChI=1S/C10H17N3O2/c11-4-1-10-12-9(13-15-10)7-8-2-5-14-6-3-8/h8H,1-7,11H2. The van der Waals surface area contributed by atoms with Gasteiger partial charge < -0.3 is 15.0 Å². The molecule has 0 radical (unpaired) electrons. The molecular weight excluding hydrogens is 194 g/mol. The zero-order chi connectivity index (χ0) is 10.5. The van der Waals surface area contributed by atoms with E-state index in [1.54, 1.807) is 0 Å². The van der Waals surface area contributed by atoms with E-state index < -0.39 is 0 Å². The third kappa shape index (κ3) is 3.00. The van der Waals surface area contributed by atoms with E-state index in [4.69, 9.17) is 15.0 Å². The fourth-order valence-corrected chi connectivity index (χ4v) is 1.81. The molecule has 1 aliphatic rings. The van der Waals surface area contributed by atoms with Gasteiger partial charge in [-0.25, -0.2) is 0 Å². The summed E-state index contributed by atoms with van der Waals surface area (Å²) in [6, 6.07) is 0. The molecule has 2 heterocycles. The van der Waals surface area contributed by atoms with Gasteiger partial charge in [0.05, 0.1) is 0 Å². The average molecular weight is 211 g/mol. The molecule has 5 heteroatoms. The minimum absolute atomic E-state index is 0.554. The molecule has 84 valence electrons. The zero-order valence-electron chi connectivity index (χ0n) is 8.82. The third-order valence-corrected chi connectivity index (χ3v) is 2.68. The van der Waals surface area contributed by atoms with Crippen LogP contribution in [-0.2, 0) is 17.6 Å². The molecule has 2 rings (SSSR count). The van der Waals surface area contributed by atoms with Crippen LogP contribution in [0.2, 0.25) is 0 Å². The van der Waals surface area contributed by atoms with Gasteiger partial charge in [0.1, 0.15) is 0 Å². The Bertz CT molecular complexity index is 295. The van der Waals surface area contributed by atoms with Gasteiger partial charge in [0.15, 0.2) is 5.82 Å². The van der Waals surface area contributed by atoms with Gasteiger partial charge in [-0.3, -0.25) is 0 Å². The van der Waals surface area contributed by atoms with Crippen molar-refractivity contribution in [2.45, 2.75) is 25.7 Å². The molecule has 0 bridgehead atoms. The summed E-state index contributed by atoms with van der Waals surface area (Å²) in [6.07, 6.45) is 3.76. The van der Waals surface area contributed by atoms with Crippen molar-refractivity contribution in [1.29, 1.82) is 0 Å². The van der Waals surface area contributed by atoms with Gasteiger partial charge in [0.2, 0.25) is 5.89 Å². The van der Waals surface area contributed by atoms with Crippen LogP contribution in [0.5, 0.6) is 0 Å². The number of aromatic nitrogens is 2. The summed E-state index contributed by atoms with van der Waals surface area (Å²) in [7, 11) is 0. The smallest absolute Gasteiger partial charge is 0.227 e. The van der Waals surface area contributed by atoms with Gasteiger partial charge in [0, 0.05) is 32.6 Å². The van der Waals surface area contributed by atoms with E-state index >= 15 is 0 Å². The van der Waals surface area contributed by atoms with Crippen LogP contribution in [0, 0.1) is 5.92 Å². The first-order valence-corrected chi connectivity index (χ1v) is 5.47. The molecule has 1 aromatic heterocycles. The van der Waals surface area contributed by atoms with Crippen LogP contribution in [0.4, 0.5) is 0 Å². The van der Waals surface area contributed by atoms with Crippen LogP contribution >= 0.6 is 0 Å². The van der Waals surface area contributed by atoms with Crippen molar-refractivity contribution in [2.24, 2.45) is 11.7 Å². The highest BCUT2D eigenvalue weighted by Crippen LogP contribution is 2.18.